The van der Waals surface area contributed by atoms with Crippen LogP contribution in [0.3, 0.4) is 0 Å². The van der Waals surface area contributed by atoms with Crippen molar-refractivity contribution >= 4 is 0 Å². The van der Waals surface area contributed by atoms with Gasteiger partial charge in [-0.25, -0.2) is 0 Å². The fraction of sp³-hybridized carbons (Fsp3) is 0.538. The molecule has 1 heteroatoms. The second kappa shape index (κ2) is 3.39. The summed E-state index contributed by atoms with van der Waals surface area (Å²) in [6.07, 6.45) is 2.89. The molecule has 0 atom stereocenters. The highest BCUT2D eigenvalue weighted by atomic mass is 16.3. The molecule has 1 saturated carbocycles. The van der Waals surface area contributed by atoms with Crippen molar-refractivity contribution in [3.8, 4) is 0 Å². The van der Waals surface area contributed by atoms with Crippen LogP contribution in [0.5, 0.6) is 0 Å². The van der Waals surface area contributed by atoms with Crippen LogP contribution in [0.15, 0.2) is 24.3 Å². The second-order valence-electron chi connectivity index (χ2n) is 4.60. The molecule has 1 nitrogen and oxygen atoms in total. The van der Waals surface area contributed by atoms with E-state index in [1.54, 1.807) is 0 Å². The summed E-state index contributed by atoms with van der Waals surface area (Å²) in [7, 11) is 0. The summed E-state index contributed by atoms with van der Waals surface area (Å²) in [5, 5.41) is 10.2. The van der Waals surface area contributed by atoms with Crippen molar-refractivity contribution in [3.05, 3.63) is 35.4 Å². The smallest absolute Gasteiger partial charge is 0.0901 e. The zero-order valence-corrected chi connectivity index (χ0v) is 8.96. The maximum atomic E-state index is 10.2. The number of rotatable bonds is 2. The molecule has 14 heavy (non-hydrogen) atoms. The Morgan fingerprint density at radius 2 is 1.86 bits per heavy atom. The lowest BCUT2D eigenvalue weighted by molar-refractivity contribution is -0.0738. The first-order valence-corrected chi connectivity index (χ1v) is 5.46. The standard InChI is InChI=1S/C13H18O/c1-3-11-4-6-12(7-5-11)13(14)8-10(2)9-13/h4-7,10,14H,3,8-9H2,1-2H3. The molecule has 0 aliphatic heterocycles. The molecular weight excluding hydrogens is 172 g/mol. The van der Waals surface area contributed by atoms with E-state index in [1.165, 1.54) is 5.56 Å². The second-order valence-corrected chi connectivity index (χ2v) is 4.60. The monoisotopic (exact) mass is 190 g/mol. The van der Waals surface area contributed by atoms with Crippen LogP contribution in [0.25, 0.3) is 0 Å². The van der Waals surface area contributed by atoms with E-state index < -0.39 is 5.60 Å². The molecule has 0 amide bonds. The van der Waals surface area contributed by atoms with E-state index in [-0.39, 0.29) is 0 Å². The van der Waals surface area contributed by atoms with Gasteiger partial charge >= 0.3 is 0 Å². The fourth-order valence-electron chi connectivity index (χ4n) is 2.38. The van der Waals surface area contributed by atoms with Crippen molar-refractivity contribution in [2.24, 2.45) is 5.92 Å². The molecule has 0 unspecified atom stereocenters. The van der Waals surface area contributed by atoms with E-state index in [1.807, 2.05) is 0 Å². The van der Waals surface area contributed by atoms with Gasteiger partial charge in [-0.2, -0.15) is 0 Å². The molecule has 1 aromatic rings. The van der Waals surface area contributed by atoms with Gasteiger partial charge in [0, 0.05) is 0 Å². The molecule has 1 aliphatic carbocycles. The number of aliphatic hydroxyl groups is 1. The molecule has 0 spiro atoms. The Bertz CT molecular complexity index is 307. The fourth-order valence-corrected chi connectivity index (χ4v) is 2.38. The third-order valence-corrected chi connectivity index (χ3v) is 3.27. The lowest BCUT2D eigenvalue weighted by Crippen LogP contribution is -2.39. The zero-order chi connectivity index (χ0) is 10.2. The van der Waals surface area contributed by atoms with Gasteiger partial charge < -0.3 is 5.11 Å². The quantitative estimate of drug-likeness (QED) is 0.760. The maximum absolute atomic E-state index is 10.2. The number of aryl methyl sites for hydroxylation is 1. The SMILES string of the molecule is CCc1ccc(C2(O)CC(C)C2)cc1. The van der Waals surface area contributed by atoms with E-state index >= 15 is 0 Å². The summed E-state index contributed by atoms with van der Waals surface area (Å²) in [6.45, 7) is 4.34. The molecule has 1 fully saturated rings. The predicted octanol–water partition coefficient (Wildman–Crippen LogP) is 2.87. The molecule has 1 aromatic carbocycles. The highest BCUT2D eigenvalue weighted by Crippen LogP contribution is 2.45. The normalized spacial score (nSPS) is 31.2. The first-order chi connectivity index (χ1) is 6.64. The largest absolute Gasteiger partial charge is 0.385 e. The van der Waals surface area contributed by atoms with Gasteiger partial charge in [0.2, 0.25) is 0 Å². The lowest BCUT2D eigenvalue weighted by atomic mass is 9.68. The van der Waals surface area contributed by atoms with Crippen LogP contribution in [-0.4, -0.2) is 5.11 Å². The highest BCUT2D eigenvalue weighted by molar-refractivity contribution is 5.29. The van der Waals surface area contributed by atoms with Crippen LogP contribution in [0, 0.1) is 5.92 Å². The molecule has 1 aliphatic rings. The molecule has 1 N–H and O–H groups in total. The van der Waals surface area contributed by atoms with Crippen LogP contribution in [0.1, 0.15) is 37.8 Å². The average molecular weight is 190 g/mol. The van der Waals surface area contributed by atoms with Gasteiger partial charge in [-0.15, -0.1) is 0 Å². The molecular formula is C13H18O. The van der Waals surface area contributed by atoms with Crippen molar-refractivity contribution in [2.75, 3.05) is 0 Å². The number of hydrogen-bond acceptors (Lipinski definition) is 1. The minimum atomic E-state index is -0.522. The first kappa shape index (κ1) is 9.72. The van der Waals surface area contributed by atoms with E-state index in [4.69, 9.17) is 0 Å². The van der Waals surface area contributed by atoms with Crippen LogP contribution < -0.4 is 0 Å². The average Bonchev–Trinajstić information content (AvgIpc) is 2.16. The van der Waals surface area contributed by atoms with Crippen LogP contribution in [-0.2, 0) is 12.0 Å². The molecule has 0 aromatic heterocycles. The van der Waals surface area contributed by atoms with Crippen molar-refractivity contribution < 1.29 is 5.11 Å². The molecule has 0 heterocycles. The lowest BCUT2D eigenvalue weighted by Gasteiger charge is -2.42. The van der Waals surface area contributed by atoms with Gasteiger partial charge in [0.05, 0.1) is 5.60 Å². The summed E-state index contributed by atoms with van der Waals surface area (Å²) in [5.41, 5.74) is 1.91. The van der Waals surface area contributed by atoms with Gasteiger partial charge in [-0.05, 0) is 36.3 Å². The molecule has 2 rings (SSSR count). The highest BCUT2D eigenvalue weighted by Gasteiger charge is 2.41. The minimum absolute atomic E-state index is 0.522. The first-order valence-electron chi connectivity index (χ1n) is 5.46. The van der Waals surface area contributed by atoms with E-state index in [0.717, 1.165) is 24.8 Å². The van der Waals surface area contributed by atoms with Crippen molar-refractivity contribution in [1.82, 2.24) is 0 Å². The molecule has 76 valence electrons. The van der Waals surface area contributed by atoms with Crippen LogP contribution in [0.2, 0.25) is 0 Å². The molecule has 0 saturated heterocycles. The van der Waals surface area contributed by atoms with Crippen molar-refractivity contribution in [2.45, 2.75) is 38.7 Å². The van der Waals surface area contributed by atoms with Gasteiger partial charge in [0.1, 0.15) is 0 Å². The van der Waals surface area contributed by atoms with Gasteiger partial charge in [0.15, 0.2) is 0 Å². The Balaban J connectivity index is 2.17. The number of hydrogen-bond donors (Lipinski definition) is 1. The third kappa shape index (κ3) is 1.57. The summed E-state index contributed by atoms with van der Waals surface area (Å²) in [6, 6.07) is 8.39. The summed E-state index contributed by atoms with van der Waals surface area (Å²) >= 11 is 0. The van der Waals surface area contributed by atoms with Crippen LogP contribution >= 0.6 is 0 Å². The zero-order valence-electron chi connectivity index (χ0n) is 8.96. The van der Waals surface area contributed by atoms with Crippen molar-refractivity contribution in [1.29, 1.82) is 0 Å². The third-order valence-electron chi connectivity index (χ3n) is 3.27. The van der Waals surface area contributed by atoms with E-state index in [9.17, 15) is 5.11 Å². The summed E-state index contributed by atoms with van der Waals surface area (Å²) in [4.78, 5) is 0. The minimum Gasteiger partial charge on any atom is -0.385 e. The van der Waals surface area contributed by atoms with Crippen LogP contribution in [0.4, 0.5) is 0 Å². The summed E-state index contributed by atoms with van der Waals surface area (Å²) < 4.78 is 0. The Morgan fingerprint density at radius 3 is 2.29 bits per heavy atom. The van der Waals surface area contributed by atoms with E-state index in [0.29, 0.717) is 5.92 Å². The van der Waals surface area contributed by atoms with E-state index in [2.05, 4.69) is 38.1 Å². The topological polar surface area (TPSA) is 20.2 Å². The van der Waals surface area contributed by atoms with Gasteiger partial charge in [0.25, 0.3) is 0 Å². The Kier molecular flexibility index (Phi) is 2.36. The van der Waals surface area contributed by atoms with Gasteiger partial charge in [-0.1, -0.05) is 38.1 Å². The van der Waals surface area contributed by atoms with Crippen molar-refractivity contribution in [3.63, 3.8) is 0 Å². The van der Waals surface area contributed by atoms with Gasteiger partial charge in [-0.3, -0.25) is 0 Å². The molecule has 0 radical (unpaired) electrons. The number of benzene rings is 1. The Hall–Kier alpha value is -0.820. The Morgan fingerprint density at radius 1 is 1.29 bits per heavy atom. The predicted molar refractivity (Wildman–Crippen MR) is 58.1 cm³/mol. The summed E-state index contributed by atoms with van der Waals surface area (Å²) in [5.74, 6) is 0.672. The maximum Gasteiger partial charge on any atom is 0.0901 e. The Labute approximate surface area is 85.8 Å². The molecule has 0 bridgehead atoms.